The van der Waals surface area contributed by atoms with Crippen LogP contribution in [-0.2, 0) is 29.1 Å². The lowest BCUT2D eigenvalue weighted by Crippen LogP contribution is -2.30. The van der Waals surface area contributed by atoms with E-state index in [2.05, 4.69) is 39.1 Å². The maximum Gasteiger partial charge on any atom is 0.272 e. The first-order chi connectivity index (χ1) is 24.3. The number of benzene rings is 4. The van der Waals surface area contributed by atoms with Gasteiger partial charge in [-0.2, -0.15) is 5.26 Å². The quantitative estimate of drug-likeness (QED) is 0.0974. The van der Waals surface area contributed by atoms with Crippen molar-refractivity contribution >= 4 is 57.6 Å². The van der Waals surface area contributed by atoms with E-state index in [0.717, 1.165) is 41.4 Å². The van der Waals surface area contributed by atoms with Crippen LogP contribution in [0.3, 0.4) is 0 Å². The number of carbonyl (C=O) groups is 3. The maximum atomic E-state index is 13.5. The Labute approximate surface area is 297 Å². The van der Waals surface area contributed by atoms with Gasteiger partial charge in [-0.05, 0) is 71.7 Å². The minimum atomic E-state index is -0.577. The first-order valence-corrected chi connectivity index (χ1v) is 17.6. The molecular weight excluding hydrogens is 670 g/mol. The average molecular weight is 702 g/mol. The summed E-state index contributed by atoms with van der Waals surface area (Å²) in [6, 6.07) is 33.6. The number of nitriles is 1. The van der Waals surface area contributed by atoms with E-state index in [1.54, 1.807) is 48.5 Å². The van der Waals surface area contributed by atoms with E-state index in [1.807, 2.05) is 24.3 Å². The van der Waals surface area contributed by atoms with Gasteiger partial charge in [-0.15, -0.1) is 23.1 Å². The largest absolute Gasteiger partial charge is 0.321 e. The molecule has 0 bridgehead atoms. The third-order valence-corrected chi connectivity index (χ3v) is 10.0. The van der Waals surface area contributed by atoms with Gasteiger partial charge in [-0.25, -0.2) is 4.39 Å². The topological polar surface area (TPSA) is 114 Å². The fourth-order valence-corrected chi connectivity index (χ4v) is 7.49. The number of thiophene rings is 1. The average Bonchev–Trinajstić information content (AvgIpc) is 3.48. The highest BCUT2D eigenvalue weighted by Crippen LogP contribution is 2.37. The molecular formula is C39H32FN5O3S2. The second kappa shape index (κ2) is 16.2. The van der Waals surface area contributed by atoms with Gasteiger partial charge in [0.15, 0.2) is 0 Å². The van der Waals surface area contributed by atoms with Crippen molar-refractivity contribution in [3.05, 3.63) is 153 Å². The van der Waals surface area contributed by atoms with E-state index in [9.17, 15) is 24.0 Å². The SMILES string of the molecule is N#Cc1c(NC(=O)CSc2cccc(NC(=O)/C(=C/c3ccc(F)cc3)NC(=O)c3ccccc3)c2)sc2c1CCN(Cc1ccccc1)C2. The van der Waals surface area contributed by atoms with Gasteiger partial charge in [-0.3, -0.25) is 19.3 Å². The van der Waals surface area contributed by atoms with Crippen molar-refractivity contribution in [3.8, 4) is 6.07 Å². The summed E-state index contributed by atoms with van der Waals surface area (Å²) in [6.45, 7) is 2.39. The molecule has 0 fully saturated rings. The number of nitrogens with zero attached hydrogens (tertiary/aromatic N) is 2. The molecule has 6 rings (SSSR count). The van der Waals surface area contributed by atoms with Gasteiger partial charge < -0.3 is 16.0 Å². The lowest BCUT2D eigenvalue weighted by Gasteiger charge is -2.26. The Morgan fingerprint density at radius 1 is 0.920 bits per heavy atom. The van der Waals surface area contributed by atoms with Gasteiger partial charge in [0, 0.05) is 40.7 Å². The molecule has 1 aliphatic heterocycles. The van der Waals surface area contributed by atoms with Gasteiger partial charge in [0.05, 0.1) is 11.3 Å². The van der Waals surface area contributed by atoms with Crippen LogP contribution < -0.4 is 16.0 Å². The van der Waals surface area contributed by atoms with Crippen molar-refractivity contribution < 1.29 is 18.8 Å². The van der Waals surface area contributed by atoms with E-state index >= 15 is 0 Å². The molecule has 3 N–H and O–H groups in total. The predicted molar refractivity (Wildman–Crippen MR) is 196 cm³/mol. The van der Waals surface area contributed by atoms with Crippen LogP contribution in [0.2, 0.25) is 0 Å². The Hall–Kier alpha value is -5.54. The molecule has 1 aromatic heterocycles. The molecule has 0 atom stereocenters. The summed E-state index contributed by atoms with van der Waals surface area (Å²) in [5.74, 6) is -1.62. The standard InChI is InChI=1S/C39H32FN5O3S2/c40-29-16-14-26(15-17-29)20-34(43-37(47)28-10-5-2-6-11-28)38(48)42-30-12-7-13-31(21-30)49-25-36(46)44-39-33(22-41)32-18-19-45(24-35(32)50-39)23-27-8-3-1-4-9-27/h1-17,20-21H,18-19,23-25H2,(H,42,48)(H,43,47)(H,44,46)/b34-20-. The molecule has 8 nitrogen and oxygen atoms in total. The summed E-state index contributed by atoms with van der Waals surface area (Å²) in [6.07, 6.45) is 2.22. The number of nitrogens with one attached hydrogen (secondary N) is 3. The van der Waals surface area contributed by atoms with Crippen LogP contribution in [0.15, 0.2) is 120 Å². The summed E-state index contributed by atoms with van der Waals surface area (Å²) in [4.78, 5) is 43.6. The zero-order valence-electron chi connectivity index (χ0n) is 26.8. The Morgan fingerprint density at radius 3 is 2.40 bits per heavy atom. The lowest BCUT2D eigenvalue weighted by atomic mass is 10.0. The Balaban J connectivity index is 1.08. The van der Waals surface area contributed by atoms with Crippen LogP contribution in [0.4, 0.5) is 15.1 Å². The molecule has 50 heavy (non-hydrogen) atoms. The van der Waals surface area contributed by atoms with Gasteiger partial charge in [0.1, 0.15) is 22.6 Å². The minimum absolute atomic E-state index is 0.0296. The van der Waals surface area contributed by atoms with Crippen LogP contribution in [-0.4, -0.2) is 34.9 Å². The zero-order valence-corrected chi connectivity index (χ0v) is 28.5. The summed E-state index contributed by atoms with van der Waals surface area (Å²) in [5, 5.41) is 18.9. The number of fused-ring (bicyclic) bond motifs is 1. The van der Waals surface area contributed by atoms with E-state index in [0.29, 0.717) is 27.4 Å². The van der Waals surface area contributed by atoms with E-state index < -0.39 is 17.6 Å². The van der Waals surface area contributed by atoms with E-state index in [1.165, 1.54) is 59.0 Å². The van der Waals surface area contributed by atoms with E-state index in [4.69, 9.17) is 0 Å². The number of hydrogen-bond donors (Lipinski definition) is 3. The normalized spacial score (nSPS) is 12.8. The van der Waals surface area contributed by atoms with E-state index in [-0.39, 0.29) is 17.4 Å². The van der Waals surface area contributed by atoms with Crippen molar-refractivity contribution in [1.29, 1.82) is 5.26 Å². The number of anilines is 2. The summed E-state index contributed by atoms with van der Waals surface area (Å²) in [5.41, 5.74) is 4.11. The van der Waals surface area contributed by atoms with Crippen LogP contribution in [0.25, 0.3) is 6.08 Å². The number of rotatable bonds is 11. The maximum absolute atomic E-state index is 13.5. The fourth-order valence-electron chi connectivity index (χ4n) is 5.48. The molecule has 0 unspecified atom stereocenters. The number of thioether (sulfide) groups is 1. The zero-order chi connectivity index (χ0) is 34.9. The second-order valence-corrected chi connectivity index (χ2v) is 13.7. The van der Waals surface area contributed by atoms with Crippen LogP contribution in [0.5, 0.6) is 0 Å². The first kappa shape index (κ1) is 34.3. The molecule has 0 aliphatic carbocycles. The molecule has 0 saturated heterocycles. The van der Waals surface area contributed by atoms with Gasteiger partial charge >= 0.3 is 0 Å². The number of amides is 3. The summed E-state index contributed by atoms with van der Waals surface area (Å²) >= 11 is 2.75. The van der Waals surface area contributed by atoms with Crippen molar-refractivity contribution in [2.75, 3.05) is 22.9 Å². The molecule has 0 spiro atoms. The molecule has 4 aromatic carbocycles. The van der Waals surface area contributed by atoms with Gasteiger partial charge in [0.2, 0.25) is 5.91 Å². The molecule has 2 heterocycles. The minimum Gasteiger partial charge on any atom is -0.321 e. The van der Waals surface area contributed by atoms with Crippen LogP contribution in [0, 0.1) is 17.1 Å². The first-order valence-electron chi connectivity index (χ1n) is 15.8. The Kier molecular flexibility index (Phi) is 11.1. The summed E-state index contributed by atoms with van der Waals surface area (Å²) < 4.78 is 13.5. The Bertz CT molecular complexity index is 2080. The smallest absolute Gasteiger partial charge is 0.272 e. The van der Waals surface area contributed by atoms with Crippen molar-refractivity contribution in [2.24, 2.45) is 0 Å². The molecule has 3 amide bonds. The van der Waals surface area contributed by atoms with Crippen LogP contribution >= 0.6 is 23.1 Å². The number of carbonyl (C=O) groups excluding carboxylic acids is 3. The monoisotopic (exact) mass is 701 g/mol. The predicted octanol–water partition coefficient (Wildman–Crippen LogP) is 7.46. The van der Waals surface area contributed by atoms with Crippen LogP contribution in [0.1, 0.15) is 37.5 Å². The van der Waals surface area contributed by atoms with Crippen molar-refractivity contribution in [2.45, 2.75) is 24.4 Å². The third-order valence-electron chi connectivity index (χ3n) is 7.92. The van der Waals surface area contributed by atoms with Gasteiger partial charge in [0.25, 0.3) is 11.8 Å². The number of hydrogen-bond acceptors (Lipinski definition) is 7. The number of halogens is 1. The highest BCUT2D eigenvalue weighted by atomic mass is 32.2. The molecule has 1 aliphatic rings. The van der Waals surface area contributed by atoms with Crippen molar-refractivity contribution in [1.82, 2.24) is 10.2 Å². The highest BCUT2D eigenvalue weighted by molar-refractivity contribution is 8.00. The third kappa shape index (κ3) is 8.92. The molecule has 0 radical (unpaired) electrons. The highest BCUT2D eigenvalue weighted by Gasteiger charge is 2.25. The van der Waals surface area contributed by atoms with Crippen molar-refractivity contribution in [3.63, 3.8) is 0 Å². The second-order valence-electron chi connectivity index (χ2n) is 11.5. The Morgan fingerprint density at radius 2 is 1.66 bits per heavy atom. The fraction of sp³-hybridized carbons (Fsp3) is 0.128. The van der Waals surface area contributed by atoms with Gasteiger partial charge in [-0.1, -0.05) is 66.7 Å². The lowest BCUT2D eigenvalue weighted by molar-refractivity contribution is -0.114. The summed E-state index contributed by atoms with van der Waals surface area (Å²) in [7, 11) is 0. The molecule has 250 valence electrons. The molecule has 11 heteroatoms. The molecule has 5 aromatic rings. The molecule has 0 saturated carbocycles.